The lowest BCUT2D eigenvalue weighted by atomic mass is 9.95. The van der Waals surface area contributed by atoms with E-state index in [1.165, 1.54) is 0 Å². The summed E-state index contributed by atoms with van der Waals surface area (Å²) in [6, 6.07) is 9.10. The van der Waals surface area contributed by atoms with Gasteiger partial charge in [0, 0.05) is 18.3 Å². The lowest BCUT2D eigenvalue weighted by Crippen LogP contribution is -2.46. The third-order valence-corrected chi connectivity index (χ3v) is 4.02. The third-order valence-electron chi connectivity index (χ3n) is 4.02. The molecule has 0 saturated heterocycles. The zero-order valence-electron chi connectivity index (χ0n) is 13.7. The van der Waals surface area contributed by atoms with Crippen LogP contribution in [0.25, 0.3) is 5.69 Å². The van der Waals surface area contributed by atoms with Gasteiger partial charge in [0.05, 0.1) is 12.8 Å². The number of hydrogen-bond donors (Lipinski definition) is 2. The second kappa shape index (κ2) is 7.28. The molecule has 0 radical (unpaired) electrons. The molecular weight excluding hydrogens is 294 g/mol. The molecule has 6 heteroatoms. The van der Waals surface area contributed by atoms with E-state index in [0.717, 1.165) is 17.9 Å². The van der Waals surface area contributed by atoms with Crippen molar-refractivity contribution in [2.24, 2.45) is 0 Å². The highest BCUT2D eigenvalue weighted by atomic mass is 16.5. The van der Waals surface area contributed by atoms with Crippen LogP contribution in [0.5, 0.6) is 5.75 Å². The van der Waals surface area contributed by atoms with Crippen LogP contribution in [0.15, 0.2) is 36.5 Å². The molecule has 2 aromatic rings. The number of methoxy groups -OCH3 is 1. The summed E-state index contributed by atoms with van der Waals surface area (Å²) in [5.74, 6) is 0.525. The van der Waals surface area contributed by atoms with Crippen LogP contribution in [0.3, 0.4) is 0 Å². The Morgan fingerprint density at radius 3 is 2.61 bits per heavy atom. The Morgan fingerprint density at radius 1 is 1.35 bits per heavy atom. The van der Waals surface area contributed by atoms with E-state index < -0.39 is 5.54 Å². The predicted molar refractivity (Wildman–Crippen MR) is 88.0 cm³/mol. The number of carbonyl (C=O) groups excluding carboxylic acids is 1. The fraction of sp³-hybridized carbons (Fsp3) is 0.412. The maximum Gasteiger partial charge on any atom is 0.272 e. The van der Waals surface area contributed by atoms with Crippen LogP contribution in [0.4, 0.5) is 0 Å². The van der Waals surface area contributed by atoms with Gasteiger partial charge in [-0.1, -0.05) is 6.92 Å². The predicted octanol–water partition coefficient (Wildman–Crippen LogP) is 2.16. The standard InChI is InChI=1S/C17H23N3O3/c1-4-17(2,10-12-21)18-16(22)15-9-11-20(19-15)13-5-7-14(23-3)8-6-13/h5-9,11,21H,4,10,12H2,1-3H3,(H,18,22). The molecule has 0 aliphatic heterocycles. The van der Waals surface area contributed by atoms with Crippen molar-refractivity contribution in [3.8, 4) is 11.4 Å². The van der Waals surface area contributed by atoms with Gasteiger partial charge in [-0.3, -0.25) is 4.79 Å². The number of nitrogens with one attached hydrogen (secondary N) is 1. The van der Waals surface area contributed by atoms with Gasteiger partial charge in [-0.05, 0) is 50.1 Å². The van der Waals surface area contributed by atoms with Crippen LogP contribution in [0.1, 0.15) is 37.2 Å². The van der Waals surface area contributed by atoms with Crippen molar-refractivity contribution in [3.05, 3.63) is 42.2 Å². The Bertz CT molecular complexity index is 651. The molecule has 0 saturated carbocycles. The van der Waals surface area contributed by atoms with Crippen molar-refractivity contribution >= 4 is 5.91 Å². The summed E-state index contributed by atoms with van der Waals surface area (Å²) in [5.41, 5.74) is 0.757. The maximum atomic E-state index is 12.4. The Kier molecular flexibility index (Phi) is 5.39. The molecule has 1 aromatic heterocycles. The number of ether oxygens (including phenoxy) is 1. The summed E-state index contributed by atoms with van der Waals surface area (Å²) in [6.07, 6.45) is 2.99. The largest absolute Gasteiger partial charge is 0.497 e. The topological polar surface area (TPSA) is 76.4 Å². The Morgan fingerprint density at radius 2 is 2.04 bits per heavy atom. The first-order chi connectivity index (χ1) is 11.0. The molecule has 6 nitrogen and oxygen atoms in total. The highest BCUT2D eigenvalue weighted by Gasteiger charge is 2.25. The molecule has 0 spiro atoms. The van der Waals surface area contributed by atoms with E-state index in [-0.39, 0.29) is 12.5 Å². The molecule has 1 amide bonds. The van der Waals surface area contributed by atoms with E-state index >= 15 is 0 Å². The molecule has 1 unspecified atom stereocenters. The maximum absolute atomic E-state index is 12.4. The monoisotopic (exact) mass is 317 g/mol. The summed E-state index contributed by atoms with van der Waals surface area (Å²) >= 11 is 0. The van der Waals surface area contributed by atoms with Crippen molar-refractivity contribution in [1.82, 2.24) is 15.1 Å². The Balaban J connectivity index is 2.13. The number of amides is 1. The first-order valence-electron chi connectivity index (χ1n) is 7.65. The minimum absolute atomic E-state index is 0.0326. The van der Waals surface area contributed by atoms with E-state index in [0.29, 0.717) is 12.1 Å². The van der Waals surface area contributed by atoms with Gasteiger partial charge in [0.2, 0.25) is 0 Å². The van der Waals surface area contributed by atoms with Crippen LogP contribution in [-0.2, 0) is 0 Å². The normalized spacial score (nSPS) is 13.4. The number of benzene rings is 1. The van der Waals surface area contributed by atoms with E-state index in [2.05, 4.69) is 10.4 Å². The Hall–Kier alpha value is -2.34. The quantitative estimate of drug-likeness (QED) is 0.820. The van der Waals surface area contributed by atoms with E-state index in [4.69, 9.17) is 9.84 Å². The molecule has 0 bridgehead atoms. The average Bonchev–Trinajstić information content (AvgIpc) is 3.05. The third kappa shape index (κ3) is 4.10. The van der Waals surface area contributed by atoms with Gasteiger partial charge in [-0.15, -0.1) is 0 Å². The molecule has 124 valence electrons. The molecule has 1 aromatic carbocycles. The van der Waals surface area contributed by atoms with Gasteiger partial charge in [-0.25, -0.2) is 4.68 Å². The number of aliphatic hydroxyl groups is 1. The highest BCUT2D eigenvalue weighted by Crippen LogP contribution is 2.16. The molecule has 1 atom stereocenters. The molecule has 0 aliphatic rings. The minimum atomic E-state index is -0.435. The van der Waals surface area contributed by atoms with E-state index in [1.54, 1.807) is 24.1 Å². The minimum Gasteiger partial charge on any atom is -0.497 e. The van der Waals surface area contributed by atoms with Gasteiger partial charge in [0.1, 0.15) is 5.75 Å². The second-order valence-corrected chi connectivity index (χ2v) is 5.69. The lowest BCUT2D eigenvalue weighted by Gasteiger charge is -2.28. The van der Waals surface area contributed by atoms with Crippen LogP contribution < -0.4 is 10.1 Å². The average molecular weight is 317 g/mol. The number of hydrogen-bond acceptors (Lipinski definition) is 4. The van der Waals surface area contributed by atoms with Crippen molar-refractivity contribution < 1.29 is 14.6 Å². The van der Waals surface area contributed by atoms with Gasteiger partial charge in [0.15, 0.2) is 5.69 Å². The van der Waals surface area contributed by atoms with Crippen LogP contribution in [-0.4, -0.2) is 40.0 Å². The molecule has 23 heavy (non-hydrogen) atoms. The smallest absolute Gasteiger partial charge is 0.272 e. The zero-order chi connectivity index (χ0) is 16.9. The summed E-state index contributed by atoms with van der Waals surface area (Å²) in [7, 11) is 1.61. The molecule has 2 rings (SSSR count). The summed E-state index contributed by atoms with van der Waals surface area (Å²) in [4.78, 5) is 12.4. The first-order valence-corrected chi connectivity index (χ1v) is 7.65. The SMILES string of the molecule is CCC(C)(CCO)NC(=O)c1ccn(-c2ccc(OC)cc2)n1. The number of aromatic nitrogens is 2. The van der Waals surface area contributed by atoms with Crippen LogP contribution in [0, 0.1) is 0 Å². The lowest BCUT2D eigenvalue weighted by molar-refractivity contribution is 0.0880. The molecule has 0 aliphatic carbocycles. The van der Waals surface area contributed by atoms with Crippen LogP contribution >= 0.6 is 0 Å². The highest BCUT2D eigenvalue weighted by molar-refractivity contribution is 5.92. The van der Waals surface area contributed by atoms with E-state index in [9.17, 15) is 4.79 Å². The first kappa shape index (κ1) is 17.0. The number of aliphatic hydroxyl groups excluding tert-OH is 1. The van der Waals surface area contributed by atoms with Gasteiger partial charge < -0.3 is 15.2 Å². The van der Waals surface area contributed by atoms with Crippen molar-refractivity contribution in [2.45, 2.75) is 32.2 Å². The van der Waals surface area contributed by atoms with Crippen molar-refractivity contribution in [1.29, 1.82) is 0 Å². The van der Waals surface area contributed by atoms with Crippen LogP contribution in [0.2, 0.25) is 0 Å². The summed E-state index contributed by atoms with van der Waals surface area (Å²) in [6.45, 7) is 3.93. The van der Waals surface area contributed by atoms with Gasteiger partial charge in [-0.2, -0.15) is 5.10 Å². The van der Waals surface area contributed by atoms with Crippen molar-refractivity contribution in [2.75, 3.05) is 13.7 Å². The summed E-state index contributed by atoms with van der Waals surface area (Å²) < 4.78 is 6.77. The second-order valence-electron chi connectivity index (χ2n) is 5.69. The Labute approximate surface area is 136 Å². The fourth-order valence-electron chi connectivity index (χ4n) is 2.24. The molecule has 0 fully saturated rings. The zero-order valence-corrected chi connectivity index (χ0v) is 13.7. The number of carbonyl (C=O) groups is 1. The van der Waals surface area contributed by atoms with Gasteiger partial charge in [0.25, 0.3) is 5.91 Å². The van der Waals surface area contributed by atoms with Crippen molar-refractivity contribution in [3.63, 3.8) is 0 Å². The molecule has 2 N–H and O–H groups in total. The van der Waals surface area contributed by atoms with E-state index in [1.807, 2.05) is 38.1 Å². The molecule has 1 heterocycles. The number of nitrogens with zero attached hydrogens (tertiary/aromatic N) is 2. The fourth-order valence-corrected chi connectivity index (χ4v) is 2.24. The molecular formula is C17H23N3O3. The number of rotatable bonds is 7. The van der Waals surface area contributed by atoms with Gasteiger partial charge >= 0.3 is 0 Å². The summed E-state index contributed by atoms with van der Waals surface area (Å²) in [5, 5.41) is 16.4.